The van der Waals surface area contributed by atoms with Crippen LogP contribution in [0.25, 0.3) is 0 Å². The Labute approximate surface area is 228 Å². The standard InChI is InChI=1S/C29H36N6O4/c36-25-17-35(14-10-24(25)34-11-7-19-3-1-2-4-21(19)16-34)28(38)23-15-26(31-18-30-23)32-22-8-12-33(13-9-22)29(39)27(37)20-5-6-20/h1-4,15,18,20,22,24-25,36H,5-14,16-17H2,(H,30,31,32)/t24-,25-/m0/s1. The molecule has 6 rings (SSSR count). The molecule has 2 N–H and O–H groups in total. The van der Waals surface area contributed by atoms with Crippen LogP contribution in [0.15, 0.2) is 36.7 Å². The Kier molecular flexibility index (Phi) is 7.31. The highest BCUT2D eigenvalue weighted by molar-refractivity contribution is 6.37. The Balaban J connectivity index is 1.01. The zero-order chi connectivity index (χ0) is 26.9. The van der Waals surface area contributed by atoms with Crippen molar-refractivity contribution < 1.29 is 19.5 Å². The molecule has 0 radical (unpaired) electrons. The van der Waals surface area contributed by atoms with Gasteiger partial charge in [-0.1, -0.05) is 24.3 Å². The second kappa shape index (κ2) is 11.0. The third-order valence-electron chi connectivity index (χ3n) is 8.64. The second-order valence-electron chi connectivity index (χ2n) is 11.3. The number of likely N-dealkylation sites (tertiary alicyclic amines) is 2. The zero-order valence-corrected chi connectivity index (χ0v) is 22.2. The molecule has 10 heteroatoms. The number of hydrogen-bond donors (Lipinski definition) is 2. The van der Waals surface area contributed by atoms with E-state index in [0.29, 0.717) is 50.4 Å². The lowest BCUT2D eigenvalue weighted by atomic mass is 9.94. The molecule has 4 aliphatic rings. The first-order chi connectivity index (χ1) is 19.0. The first kappa shape index (κ1) is 25.9. The highest BCUT2D eigenvalue weighted by Crippen LogP contribution is 2.31. The molecule has 1 aromatic heterocycles. The van der Waals surface area contributed by atoms with E-state index in [1.807, 2.05) is 0 Å². The number of aromatic nitrogens is 2. The van der Waals surface area contributed by atoms with E-state index in [2.05, 4.69) is 44.5 Å². The summed E-state index contributed by atoms with van der Waals surface area (Å²) in [7, 11) is 0. The first-order valence-corrected chi connectivity index (χ1v) is 14.2. The Morgan fingerprint density at radius 3 is 2.38 bits per heavy atom. The van der Waals surface area contributed by atoms with Crippen LogP contribution >= 0.6 is 0 Å². The van der Waals surface area contributed by atoms with Crippen LogP contribution < -0.4 is 5.32 Å². The zero-order valence-electron chi connectivity index (χ0n) is 22.2. The van der Waals surface area contributed by atoms with Gasteiger partial charge in [0.1, 0.15) is 17.8 Å². The minimum Gasteiger partial charge on any atom is -0.390 e. The summed E-state index contributed by atoms with van der Waals surface area (Å²) in [6.07, 6.45) is 5.54. The van der Waals surface area contributed by atoms with E-state index >= 15 is 0 Å². The monoisotopic (exact) mass is 532 g/mol. The van der Waals surface area contributed by atoms with Crippen LogP contribution in [0.1, 0.15) is 53.7 Å². The number of aliphatic hydroxyl groups is 1. The lowest BCUT2D eigenvalue weighted by Gasteiger charge is -2.43. The maximum absolute atomic E-state index is 13.3. The maximum Gasteiger partial charge on any atom is 0.290 e. The predicted molar refractivity (Wildman–Crippen MR) is 144 cm³/mol. The molecular formula is C29H36N6O4. The van der Waals surface area contributed by atoms with Crippen LogP contribution in [0.4, 0.5) is 5.82 Å². The van der Waals surface area contributed by atoms with E-state index in [-0.39, 0.29) is 42.1 Å². The highest BCUT2D eigenvalue weighted by Gasteiger charge is 2.38. The molecule has 39 heavy (non-hydrogen) atoms. The summed E-state index contributed by atoms with van der Waals surface area (Å²) in [4.78, 5) is 52.0. The topological polar surface area (TPSA) is 119 Å². The van der Waals surface area contributed by atoms with Gasteiger partial charge >= 0.3 is 0 Å². The van der Waals surface area contributed by atoms with Gasteiger partial charge in [0.15, 0.2) is 0 Å². The van der Waals surface area contributed by atoms with Crippen molar-refractivity contribution in [2.45, 2.75) is 63.3 Å². The molecular weight excluding hydrogens is 496 g/mol. The second-order valence-corrected chi connectivity index (χ2v) is 11.3. The number of rotatable bonds is 6. The van der Waals surface area contributed by atoms with Crippen LogP contribution in [0.3, 0.4) is 0 Å². The molecule has 4 heterocycles. The maximum atomic E-state index is 13.3. The minimum atomic E-state index is -0.618. The molecule has 2 aromatic rings. The molecule has 0 spiro atoms. The molecule has 3 aliphatic heterocycles. The number of β-amino-alcohol motifs (C(OH)–C–C–N with tert-alkyl or cyclic N) is 1. The fraction of sp³-hybridized carbons (Fsp3) is 0.552. The van der Waals surface area contributed by atoms with Gasteiger partial charge in [-0.15, -0.1) is 0 Å². The smallest absolute Gasteiger partial charge is 0.290 e. The van der Waals surface area contributed by atoms with Crippen molar-refractivity contribution in [3.05, 3.63) is 53.5 Å². The predicted octanol–water partition coefficient (Wildman–Crippen LogP) is 1.49. The molecule has 2 amide bonds. The summed E-state index contributed by atoms with van der Waals surface area (Å²) in [6, 6.07) is 10.3. The van der Waals surface area contributed by atoms with Crippen LogP contribution in [-0.2, 0) is 22.6 Å². The Morgan fingerprint density at radius 2 is 1.64 bits per heavy atom. The van der Waals surface area contributed by atoms with Crippen molar-refractivity contribution in [3.63, 3.8) is 0 Å². The van der Waals surface area contributed by atoms with Crippen LogP contribution in [0.5, 0.6) is 0 Å². The summed E-state index contributed by atoms with van der Waals surface area (Å²) in [5.74, 6) is -0.284. The van der Waals surface area contributed by atoms with Gasteiger partial charge in [0.05, 0.1) is 6.10 Å². The number of amides is 2. The van der Waals surface area contributed by atoms with Gasteiger partial charge in [-0.25, -0.2) is 9.97 Å². The van der Waals surface area contributed by atoms with Gasteiger partial charge in [0, 0.05) is 63.3 Å². The lowest BCUT2D eigenvalue weighted by molar-refractivity contribution is -0.146. The number of nitrogens with one attached hydrogen (secondary N) is 1. The number of piperidine rings is 2. The number of benzene rings is 1. The van der Waals surface area contributed by atoms with E-state index in [1.54, 1.807) is 15.9 Å². The molecule has 206 valence electrons. The van der Waals surface area contributed by atoms with E-state index in [0.717, 1.165) is 32.4 Å². The number of fused-ring (bicyclic) bond motifs is 1. The number of ketones is 1. The fourth-order valence-corrected chi connectivity index (χ4v) is 6.16. The molecule has 0 bridgehead atoms. The van der Waals surface area contributed by atoms with Gasteiger partial charge in [0.25, 0.3) is 11.8 Å². The van der Waals surface area contributed by atoms with E-state index in [9.17, 15) is 19.5 Å². The van der Waals surface area contributed by atoms with Gasteiger partial charge in [-0.05, 0) is 49.7 Å². The third kappa shape index (κ3) is 5.67. The van der Waals surface area contributed by atoms with Crippen molar-refractivity contribution in [1.29, 1.82) is 0 Å². The first-order valence-electron chi connectivity index (χ1n) is 14.2. The highest BCUT2D eigenvalue weighted by atomic mass is 16.3. The summed E-state index contributed by atoms with van der Waals surface area (Å²) in [6.45, 7) is 3.65. The van der Waals surface area contributed by atoms with Crippen LogP contribution in [0.2, 0.25) is 0 Å². The van der Waals surface area contributed by atoms with E-state index in [1.165, 1.54) is 17.5 Å². The van der Waals surface area contributed by atoms with Crippen molar-refractivity contribution in [2.75, 3.05) is 38.0 Å². The molecule has 1 saturated carbocycles. The number of Topliss-reactive ketones (excluding diaryl/α,β-unsaturated/α-hetero) is 1. The number of carbonyl (C=O) groups excluding carboxylic acids is 3. The Hall–Kier alpha value is -3.37. The van der Waals surface area contributed by atoms with Crippen molar-refractivity contribution in [1.82, 2.24) is 24.7 Å². The SMILES string of the molecule is O=C(C(=O)N1CCC(Nc2cc(C(=O)N3CC[C@H](N4CCc5ccccc5C4)[C@@H](O)C3)ncn2)CC1)C1CC1. The fourth-order valence-electron chi connectivity index (χ4n) is 6.16. The Bertz CT molecular complexity index is 1240. The van der Waals surface area contributed by atoms with Gasteiger partial charge < -0.3 is 20.2 Å². The summed E-state index contributed by atoms with van der Waals surface area (Å²) in [5.41, 5.74) is 3.00. The van der Waals surface area contributed by atoms with E-state index in [4.69, 9.17) is 0 Å². The number of carbonyl (C=O) groups is 3. The van der Waals surface area contributed by atoms with Gasteiger partial charge in [-0.3, -0.25) is 19.3 Å². The van der Waals surface area contributed by atoms with Crippen LogP contribution in [-0.4, -0.2) is 98.3 Å². The quantitative estimate of drug-likeness (QED) is 0.538. The average molecular weight is 533 g/mol. The van der Waals surface area contributed by atoms with Crippen molar-refractivity contribution >= 4 is 23.4 Å². The minimum absolute atomic E-state index is 0.0300. The van der Waals surface area contributed by atoms with E-state index < -0.39 is 6.10 Å². The third-order valence-corrected chi connectivity index (χ3v) is 8.64. The number of hydrogen-bond acceptors (Lipinski definition) is 8. The summed E-state index contributed by atoms with van der Waals surface area (Å²) >= 11 is 0. The normalized spacial score (nSPS) is 24.2. The van der Waals surface area contributed by atoms with Gasteiger partial charge in [0.2, 0.25) is 5.78 Å². The van der Waals surface area contributed by atoms with Crippen molar-refractivity contribution in [2.24, 2.45) is 5.92 Å². The Morgan fingerprint density at radius 1 is 0.897 bits per heavy atom. The largest absolute Gasteiger partial charge is 0.390 e. The molecule has 3 fully saturated rings. The number of nitrogens with zero attached hydrogens (tertiary/aromatic N) is 5. The van der Waals surface area contributed by atoms with Gasteiger partial charge in [-0.2, -0.15) is 0 Å². The molecule has 2 saturated heterocycles. The summed E-state index contributed by atoms with van der Waals surface area (Å²) < 4.78 is 0. The molecule has 1 aromatic carbocycles. The number of aliphatic hydroxyl groups excluding tert-OH is 1. The molecule has 0 unspecified atom stereocenters. The van der Waals surface area contributed by atoms with Crippen molar-refractivity contribution in [3.8, 4) is 0 Å². The average Bonchev–Trinajstić information content (AvgIpc) is 3.82. The molecule has 2 atom stereocenters. The number of anilines is 1. The lowest BCUT2D eigenvalue weighted by Crippen LogP contribution is -2.56. The molecule has 10 nitrogen and oxygen atoms in total. The van der Waals surface area contributed by atoms with Crippen LogP contribution in [0, 0.1) is 5.92 Å². The molecule has 1 aliphatic carbocycles. The summed E-state index contributed by atoms with van der Waals surface area (Å²) in [5, 5.41) is 14.4.